The third kappa shape index (κ3) is 5.10. The second-order valence-electron chi connectivity index (χ2n) is 9.21. The van der Waals surface area contributed by atoms with Crippen molar-refractivity contribution in [3.63, 3.8) is 0 Å². The van der Waals surface area contributed by atoms with Crippen LogP contribution < -0.4 is 10.6 Å². The van der Waals surface area contributed by atoms with Gasteiger partial charge in [-0.25, -0.2) is 4.98 Å². The van der Waals surface area contributed by atoms with Gasteiger partial charge >= 0.3 is 0 Å². The standard InChI is InChI=1S/C24H28ClN5O2S.ClH/c1-13(2)30-9-8-19-21(12-30)33-24(29-19)23(32)28-18-5-3-4-17(18)27-22(31)20-11-14-10-15(25)6-7-16(14)26-20;/h6-7,10-11,13,17-18,26H,3-5,8-9,12H2,1-2H3,(H,27,31)(H,28,32);1H/t17-,18-;/m0./s1. The first-order valence-electron chi connectivity index (χ1n) is 11.5. The first kappa shape index (κ1) is 25.0. The van der Waals surface area contributed by atoms with Gasteiger partial charge in [-0.05, 0) is 57.4 Å². The topological polar surface area (TPSA) is 90.1 Å². The highest BCUT2D eigenvalue weighted by Crippen LogP contribution is 2.27. The molecule has 7 nitrogen and oxygen atoms in total. The van der Waals surface area contributed by atoms with E-state index in [-0.39, 0.29) is 36.3 Å². The minimum absolute atomic E-state index is 0. The molecule has 0 saturated heterocycles. The van der Waals surface area contributed by atoms with E-state index in [9.17, 15) is 9.59 Å². The number of benzene rings is 1. The van der Waals surface area contributed by atoms with E-state index in [0.717, 1.165) is 55.4 Å². The number of carbonyl (C=O) groups excluding carboxylic acids is 2. The molecule has 1 fully saturated rings. The van der Waals surface area contributed by atoms with Gasteiger partial charge in [-0.15, -0.1) is 23.7 Å². The maximum atomic E-state index is 13.0. The molecule has 5 rings (SSSR count). The lowest BCUT2D eigenvalue weighted by atomic mass is 10.1. The molecule has 3 heterocycles. The van der Waals surface area contributed by atoms with E-state index in [1.54, 1.807) is 12.1 Å². The van der Waals surface area contributed by atoms with Crippen LogP contribution in [0.15, 0.2) is 24.3 Å². The molecule has 0 radical (unpaired) electrons. The van der Waals surface area contributed by atoms with E-state index in [1.165, 1.54) is 16.2 Å². The van der Waals surface area contributed by atoms with Crippen LogP contribution >= 0.6 is 35.3 Å². The van der Waals surface area contributed by atoms with Crippen LogP contribution in [0, 0.1) is 0 Å². The lowest BCUT2D eigenvalue weighted by Crippen LogP contribution is -2.48. The quantitative estimate of drug-likeness (QED) is 0.459. The molecule has 0 unspecified atom stereocenters. The zero-order chi connectivity index (χ0) is 23.1. The summed E-state index contributed by atoms with van der Waals surface area (Å²) in [7, 11) is 0. The van der Waals surface area contributed by atoms with E-state index >= 15 is 0 Å². The van der Waals surface area contributed by atoms with Crippen LogP contribution in [-0.4, -0.2) is 51.4 Å². The number of nitrogens with zero attached hydrogens (tertiary/aromatic N) is 2. The molecule has 2 aliphatic rings. The number of halogens is 2. The summed E-state index contributed by atoms with van der Waals surface area (Å²) >= 11 is 7.55. The maximum absolute atomic E-state index is 13.0. The highest BCUT2D eigenvalue weighted by Gasteiger charge is 2.32. The van der Waals surface area contributed by atoms with Gasteiger partial charge in [0.2, 0.25) is 0 Å². The summed E-state index contributed by atoms with van der Waals surface area (Å²) in [6.45, 7) is 6.22. The molecule has 1 aliphatic carbocycles. The number of H-pyrrole nitrogens is 1. The SMILES string of the molecule is CC(C)N1CCc2nc(C(=O)N[C@H]3CCC[C@@H]3NC(=O)c3cc4cc(Cl)ccc4[nH]3)sc2C1.Cl. The lowest BCUT2D eigenvalue weighted by Gasteiger charge is -2.29. The van der Waals surface area contributed by atoms with Gasteiger partial charge in [-0.2, -0.15) is 0 Å². The Morgan fingerprint density at radius 3 is 2.65 bits per heavy atom. The van der Waals surface area contributed by atoms with Gasteiger partial charge in [0.05, 0.1) is 5.69 Å². The molecule has 0 spiro atoms. The average Bonchev–Trinajstić information content (AvgIpc) is 3.50. The van der Waals surface area contributed by atoms with Crippen molar-refractivity contribution in [3.8, 4) is 0 Å². The lowest BCUT2D eigenvalue weighted by molar-refractivity contribution is 0.0889. The second-order valence-corrected chi connectivity index (χ2v) is 10.7. The summed E-state index contributed by atoms with van der Waals surface area (Å²) < 4.78 is 0. The molecule has 10 heteroatoms. The number of thiazole rings is 1. The summed E-state index contributed by atoms with van der Waals surface area (Å²) in [4.78, 5) is 37.2. The fourth-order valence-electron chi connectivity index (χ4n) is 4.76. The average molecular weight is 523 g/mol. The Morgan fingerprint density at radius 1 is 1.18 bits per heavy atom. The van der Waals surface area contributed by atoms with Gasteiger partial charge in [0.25, 0.3) is 11.8 Å². The van der Waals surface area contributed by atoms with Crippen LogP contribution in [0.4, 0.5) is 0 Å². The number of hydrogen-bond acceptors (Lipinski definition) is 5. The van der Waals surface area contributed by atoms with E-state index < -0.39 is 0 Å². The van der Waals surface area contributed by atoms with Gasteiger partial charge in [0.1, 0.15) is 5.69 Å². The Labute approximate surface area is 214 Å². The molecular formula is C24H29Cl2N5O2S. The number of hydrogen-bond donors (Lipinski definition) is 3. The summed E-state index contributed by atoms with van der Waals surface area (Å²) in [6, 6.07) is 7.56. The molecule has 1 saturated carbocycles. The molecule has 1 aliphatic heterocycles. The number of carbonyl (C=O) groups is 2. The summed E-state index contributed by atoms with van der Waals surface area (Å²) in [6.07, 6.45) is 3.51. The fraction of sp³-hybridized carbons (Fsp3) is 0.458. The van der Waals surface area contributed by atoms with Gasteiger partial charge in [-0.3, -0.25) is 14.5 Å². The summed E-state index contributed by atoms with van der Waals surface area (Å²) in [5.74, 6) is -0.316. The third-order valence-corrected chi connectivity index (χ3v) is 7.98. The van der Waals surface area contributed by atoms with Crippen molar-refractivity contribution in [1.29, 1.82) is 0 Å². The van der Waals surface area contributed by atoms with E-state index in [2.05, 4.69) is 39.3 Å². The minimum atomic E-state index is -0.174. The zero-order valence-corrected chi connectivity index (χ0v) is 21.6. The summed E-state index contributed by atoms with van der Waals surface area (Å²) in [5, 5.41) is 8.29. The molecule has 1 aromatic carbocycles. The smallest absolute Gasteiger partial charge is 0.280 e. The van der Waals surface area contributed by atoms with Gasteiger partial charge in [0, 0.05) is 58.4 Å². The van der Waals surface area contributed by atoms with Crippen molar-refractivity contribution >= 4 is 58.1 Å². The molecule has 2 atom stereocenters. The zero-order valence-electron chi connectivity index (χ0n) is 19.2. The Morgan fingerprint density at radius 2 is 1.91 bits per heavy atom. The van der Waals surface area contributed by atoms with E-state index in [1.807, 2.05) is 12.1 Å². The van der Waals surface area contributed by atoms with Crippen molar-refractivity contribution in [2.75, 3.05) is 6.54 Å². The molecule has 3 aromatic rings. The number of rotatable bonds is 5. The molecule has 3 N–H and O–H groups in total. The Bertz CT molecular complexity index is 1210. The van der Waals surface area contributed by atoms with Crippen molar-refractivity contribution < 1.29 is 9.59 Å². The Kier molecular flexibility index (Phi) is 7.52. The molecule has 34 heavy (non-hydrogen) atoms. The minimum Gasteiger partial charge on any atom is -0.351 e. The van der Waals surface area contributed by atoms with Crippen LogP contribution in [0.1, 0.15) is 64.0 Å². The van der Waals surface area contributed by atoms with Crippen LogP contribution in [0.25, 0.3) is 10.9 Å². The van der Waals surface area contributed by atoms with E-state index in [0.29, 0.717) is 21.8 Å². The molecule has 182 valence electrons. The third-order valence-electron chi connectivity index (χ3n) is 6.66. The predicted octanol–water partition coefficient (Wildman–Crippen LogP) is 4.55. The first-order chi connectivity index (χ1) is 15.9. The number of amides is 2. The predicted molar refractivity (Wildman–Crippen MR) is 138 cm³/mol. The van der Waals surface area contributed by atoms with Crippen LogP contribution in [0.2, 0.25) is 5.02 Å². The number of nitrogens with one attached hydrogen (secondary N) is 3. The highest BCUT2D eigenvalue weighted by atomic mass is 35.5. The van der Waals surface area contributed by atoms with Gasteiger partial charge in [-0.1, -0.05) is 11.6 Å². The second kappa shape index (κ2) is 10.2. The van der Waals surface area contributed by atoms with Gasteiger partial charge < -0.3 is 15.6 Å². The molecule has 2 amide bonds. The monoisotopic (exact) mass is 521 g/mol. The molecule has 2 aromatic heterocycles. The number of aromatic amines is 1. The van der Waals surface area contributed by atoms with Crippen LogP contribution in [-0.2, 0) is 13.0 Å². The van der Waals surface area contributed by atoms with E-state index in [4.69, 9.17) is 11.6 Å². The Hall–Kier alpha value is -2.13. The number of fused-ring (bicyclic) bond motifs is 2. The van der Waals surface area contributed by atoms with Crippen molar-refractivity contribution in [2.45, 2.75) is 64.2 Å². The van der Waals surface area contributed by atoms with Crippen LogP contribution in [0.5, 0.6) is 0 Å². The summed E-state index contributed by atoms with van der Waals surface area (Å²) in [5.41, 5.74) is 2.41. The highest BCUT2D eigenvalue weighted by molar-refractivity contribution is 7.13. The van der Waals surface area contributed by atoms with Crippen molar-refractivity contribution in [3.05, 3.63) is 50.6 Å². The molecular weight excluding hydrogens is 493 g/mol. The largest absolute Gasteiger partial charge is 0.351 e. The fourth-order valence-corrected chi connectivity index (χ4v) is 5.98. The maximum Gasteiger partial charge on any atom is 0.280 e. The Balaban J connectivity index is 0.00000274. The van der Waals surface area contributed by atoms with Crippen LogP contribution in [0.3, 0.4) is 0 Å². The van der Waals surface area contributed by atoms with Crippen molar-refractivity contribution in [1.82, 2.24) is 25.5 Å². The molecule has 0 bridgehead atoms. The first-order valence-corrected chi connectivity index (χ1v) is 12.7. The number of aromatic nitrogens is 2. The van der Waals surface area contributed by atoms with Crippen molar-refractivity contribution in [2.24, 2.45) is 0 Å². The van der Waals surface area contributed by atoms with Gasteiger partial charge in [0.15, 0.2) is 5.01 Å². The normalized spacial score (nSPS) is 20.2.